The zero-order valence-corrected chi connectivity index (χ0v) is 10.3. The van der Waals surface area contributed by atoms with Crippen LogP contribution in [0.15, 0.2) is 22.8 Å². The van der Waals surface area contributed by atoms with Gasteiger partial charge in [0.25, 0.3) is 0 Å². The lowest BCUT2D eigenvalue weighted by Gasteiger charge is -2.26. The van der Waals surface area contributed by atoms with Crippen LogP contribution in [0, 0.1) is 0 Å². The quantitative estimate of drug-likeness (QED) is 0.856. The lowest BCUT2D eigenvalue weighted by molar-refractivity contribution is -0.0726. The maximum Gasteiger partial charge on any atom is 0.134 e. The van der Waals surface area contributed by atoms with Gasteiger partial charge in [-0.1, -0.05) is 0 Å². The highest BCUT2D eigenvalue weighted by Gasteiger charge is 2.22. The molecule has 2 rings (SSSR count). The molecule has 0 spiro atoms. The molecule has 1 aromatic rings. The lowest BCUT2D eigenvalue weighted by atomic mass is 10.1. The molecule has 3 atom stereocenters. The van der Waals surface area contributed by atoms with Gasteiger partial charge in [0.15, 0.2) is 0 Å². The minimum atomic E-state index is -0.185. The third-order valence-electron chi connectivity index (χ3n) is 3.04. The number of rotatable bonds is 5. The molecule has 1 aliphatic heterocycles. The van der Waals surface area contributed by atoms with Gasteiger partial charge in [-0.3, -0.25) is 0 Å². The Morgan fingerprint density at radius 2 is 2.41 bits per heavy atom. The molecule has 1 aliphatic rings. The van der Waals surface area contributed by atoms with Crippen molar-refractivity contribution in [3.63, 3.8) is 0 Å². The number of hydrogen-bond donors (Lipinski definition) is 1. The Labute approximate surface area is 102 Å². The van der Waals surface area contributed by atoms with Gasteiger partial charge in [-0.05, 0) is 38.3 Å². The van der Waals surface area contributed by atoms with Gasteiger partial charge in [0.2, 0.25) is 0 Å². The standard InChI is InChI=1S/C13H21NO3/c1-10(14)13(12-6-4-8-16-12)17-9-11-5-2-3-7-15-11/h4,6,8,10-11,13H,2-3,5,7,9,14H2,1H3. The molecule has 17 heavy (non-hydrogen) atoms. The Kier molecular flexibility index (Phi) is 4.59. The first-order valence-corrected chi connectivity index (χ1v) is 6.29. The van der Waals surface area contributed by atoms with E-state index in [1.165, 1.54) is 6.42 Å². The second kappa shape index (κ2) is 6.19. The highest BCUT2D eigenvalue weighted by molar-refractivity contribution is 5.04. The van der Waals surface area contributed by atoms with Crippen LogP contribution >= 0.6 is 0 Å². The van der Waals surface area contributed by atoms with Crippen molar-refractivity contribution in [1.82, 2.24) is 0 Å². The Balaban J connectivity index is 1.85. The Morgan fingerprint density at radius 3 is 3.00 bits per heavy atom. The summed E-state index contributed by atoms with van der Waals surface area (Å²) in [6.07, 6.45) is 5.12. The molecule has 2 N–H and O–H groups in total. The highest BCUT2D eigenvalue weighted by atomic mass is 16.5. The van der Waals surface area contributed by atoms with Crippen LogP contribution in [0.4, 0.5) is 0 Å². The SMILES string of the molecule is CC(N)C(OCC1CCCCO1)c1ccco1. The smallest absolute Gasteiger partial charge is 0.134 e. The van der Waals surface area contributed by atoms with Crippen molar-refractivity contribution in [2.45, 2.75) is 44.4 Å². The van der Waals surface area contributed by atoms with Crippen LogP contribution in [0.5, 0.6) is 0 Å². The van der Waals surface area contributed by atoms with E-state index < -0.39 is 0 Å². The fourth-order valence-corrected chi connectivity index (χ4v) is 2.10. The highest BCUT2D eigenvalue weighted by Crippen LogP contribution is 2.22. The second-order valence-corrected chi connectivity index (χ2v) is 4.62. The molecule has 1 saturated heterocycles. The molecule has 96 valence electrons. The van der Waals surface area contributed by atoms with Crippen LogP contribution in [0.2, 0.25) is 0 Å². The van der Waals surface area contributed by atoms with Crippen molar-refractivity contribution in [1.29, 1.82) is 0 Å². The van der Waals surface area contributed by atoms with E-state index in [1.54, 1.807) is 6.26 Å². The van der Waals surface area contributed by atoms with Gasteiger partial charge in [0.05, 0.1) is 19.0 Å². The molecule has 0 amide bonds. The number of furan rings is 1. The van der Waals surface area contributed by atoms with Gasteiger partial charge < -0.3 is 19.6 Å². The van der Waals surface area contributed by atoms with E-state index in [0.717, 1.165) is 25.2 Å². The average molecular weight is 239 g/mol. The molecule has 0 bridgehead atoms. The first-order chi connectivity index (χ1) is 8.27. The van der Waals surface area contributed by atoms with Crippen molar-refractivity contribution in [2.24, 2.45) is 5.73 Å². The van der Waals surface area contributed by atoms with Gasteiger partial charge >= 0.3 is 0 Å². The average Bonchev–Trinajstić information content (AvgIpc) is 2.84. The zero-order valence-electron chi connectivity index (χ0n) is 10.3. The minimum absolute atomic E-state index is 0.0928. The second-order valence-electron chi connectivity index (χ2n) is 4.62. The molecule has 3 unspecified atom stereocenters. The third-order valence-corrected chi connectivity index (χ3v) is 3.04. The third kappa shape index (κ3) is 3.56. The molecule has 1 fully saturated rings. The first-order valence-electron chi connectivity index (χ1n) is 6.29. The Bertz CT molecular complexity index is 304. The predicted octanol–water partition coefficient (Wildman–Crippen LogP) is 2.25. The molecule has 2 heterocycles. The van der Waals surface area contributed by atoms with Crippen LogP contribution in [0.3, 0.4) is 0 Å². The van der Waals surface area contributed by atoms with E-state index in [1.807, 2.05) is 19.1 Å². The van der Waals surface area contributed by atoms with Gasteiger partial charge in [0.1, 0.15) is 11.9 Å². The largest absolute Gasteiger partial charge is 0.467 e. The molecule has 0 saturated carbocycles. The summed E-state index contributed by atoms with van der Waals surface area (Å²) >= 11 is 0. The van der Waals surface area contributed by atoms with Gasteiger partial charge in [-0.2, -0.15) is 0 Å². The number of hydrogen-bond acceptors (Lipinski definition) is 4. The molecular weight excluding hydrogens is 218 g/mol. The molecule has 0 aromatic carbocycles. The maximum atomic E-state index is 5.92. The predicted molar refractivity (Wildman–Crippen MR) is 64.6 cm³/mol. The molecule has 1 aromatic heterocycles. The normalized spacial score (nSPS) is 24.5. The number of ether oxygens (including phenoxy) is 2. The molecule has 0 radical (unpaired) electrons. The summed E-state index contributed by atoms with van der Waals surface area (Å²) in [5.41, 5.74) is 5.92. The van der Waals surface area contributed by atoms with Crippen LogP contribution in [0.1, 0.15) is 38.1 Å². The van der Waals surface area contributed by atoms with E-state index >= 15 is 0 Å². The summed E-state index contributed by atoms with van der Waals surface area (Å²) in [5.74, 6) is 0.788. The van der Waals surface area contributed by atoms with Gasteiger partial charge in [0, 0.05) is 12.6 Å². The fraction of sp³-hybridized carbons (Fsp3) is 0.692. The van der Waals surface area contributed by atoms with Crippen LogP contribution in [-0.4, -0.2) is 25.4 Å². The van der Waals surface area contributed by atoms with E-state index in [2.05, 4.69) is 0 Å². The van der Waals surface area contributed by atoms with Crippen LogP contribution < -0.4 is 5.73 Å². The molecule has 0 aliphatic carbocycles. The summed E-state index contributed by atoms with van der Waals surface area (Å²) in [6, 6.07) is 3.66. The van der Waals surface area contributed by atoms with Crippen molar-refractivity contribution < 1.29 is 13.9 Å². The Morgan fingerprint density at radius 1 is 1.53 bits per heavy atom. The first kappa shape index (κ1) is 12.6. The van der Waals surface area contributed by atoms with E-state index in [4.69, 9.17) is 19.6 Å². The van der Waals surface area contributed by atoms with E-state index in [0.29, 0.717) is 6.61 Å². The van der Waals surface area contributed by atoms with Gasteiger partial charge in [-0.25, -0.2) is 0 Å². The zero-order chi connectivity index (χ0) is 12.1. The summed E-state index contributed by atoms with van der Waals surface area (Å²) in [4.78, 5) is 0. The van der Waals surface area contributed by atoms with Crippen LogP contribution in [0.25, 0.3) is 0 Å². The van der Waals surface area contributed by atoms with Crippen molar-refractivity contribution >= 4 is 0 Å². The minimum Gasteiger partial charge on any atom is -0.467 e. The summed E-state index contributed by atoms with van der Waals surface area (Å²) in [7, 11) is 0. The molecule has 4 heteroatoms. The van der Waals surface area contributed by atoms with E-state index in [9.17, 15) is 0 Å². The molecule has 4 nitrogen and oxygen atoms in total. The van der Waals surface area contributed by atoms with Crippen LogP contribution in [-0.2, 0) is 9.47 Å². The monoisotopic (exact) mass is 239 g/mol. The lowest BCUT2D eigenvalue weighted by Crippen LogP contribution is -2.31. The maximum absolute atomic E-state index is 5.92. The number of nitrogens with two attached hydrogens (primary N) is 1. The topological polar surface area (TPSA) is 57.6 Å². The molecular formula is C13H21NO3. The summed E-state index contributed by atoms with van der Waals surface area (Å²) in [6.45, 7) is 3.36. The van der Waals surface area contributed by atoms with Gasteiger partial charge in [-0.15, -0.1) is 0 Å². The summed E-state index contributed by atoms with van der Waals surface area (Å²) < 4.78 is 16.8. The van der Waals surface area contributed by atoms with E-state index in [-0.39, 0.29) is 18.2 Å². The fourth-order valence-electron chi connectivity index (χ4n) is 2.10. The van der Waals surface area contributed by atoms with Crippen molar-refractivity contribution in [3.05, 3.63) is 24.2 Å². The Hall–Kier alpha value is -0.840. The summed E-state index contributed by atoms with van der Waals surface area (Å²) in [5, 5.41) is 0. The van der Waals surface area contributed by atoms with Crippen molar-refractivity contribution in [2.75, 3.05) is 13.2 Å². The van der Waals surface area contributed by atoms with Crippen molar-refractivity contribution in [3.8, 4) is 0 Å².